The summed E-state index contributed by atoms with van der Waals surface area (Å²) >= 11 is 7.58. The topological polar surface area (TPSA) is 50.2 Å². The summed E-state index contributed by atoms with van der Waals surface area (Å²) in [4.78, 5) is 16.6. The van der Waals surface area contributed by atoms with Crippen LogP contribution < -0.4 is 0 Å². The molecular formula is C19H14ClF2NO2S. The van der Waals surface area contributed by atoms with E-state index in [4.69, 9.17) is 11.6 Å². The lowest BCUT2D eigenvalue weighted by molar-refractivity contribution is -0.137. The fourth-order valence-corrected chi connectivity index (χ4v) is 3.89. The number of aliphatic carboxylic acids is 1. The molecule has 3 nitrogen and oxygen atoms in total. The molecule has 134 valence electrons. The molecule has 1 aromatic heterocycles. The van der Waals surface area contributed by atoms with Gasteiger partial charge >= 0.3 is 5.97 Å². The summed E-state index contributed by atoms with van der Waals surface area (Å²) in [5.74, 6) is -2.67. The highest BCUT2D eigenvalue weighted by molar-refractivity contribution is 7.11. The van der Waals surface area contributed by atoms with Gasteiger partial charge < -0.3 is 5.11 Å². The number of carboxylic acids is 1. The van der Waals surface area contributed by atoms with Gasteiger partial charge in [0.25, 0.3) is 0 Å². The monoisotopic (exact) mass is 393 g/mol. The van der Waals surface area contributed by atoms with E-state index in [2.05, 4.69) is 4.98 Å². The van der Waals surface area contributed by atoms with Gasteiger partial charge in [0.15, 0.2) is 0 Å². The van der Waals surface area contributed by atoms with Crippen molar-refractivity contribution in [1.82, 2.24) is 4.98 Å². The van der Waals surface area contributed by atoms with Crippen LogP contribution in [-0.4, -0.2) is 16.1 Å². The van der Waals surface area contributed by atoms with E-state index < -0.39 is 23.5 Å². The Morgan fingerprint density at radius 2 is 2.04 bits per heavy atom. The molecule has 0 saturated heterocycles. The maximum atomic E-state index is 14.1. The normalized spacial score (nSPS) is 12.2. The molecule has 1 atom stereocenters. The lowest BCUT2D eigenvalue weighted by Gasteiger charge is -2.15. The maximum Gasteiger partial charge on any atom is 0.304 e. The van der Waals surface area contributed by atoms with Gasteiger partial charge in [-0.1, -0.05) is 17.7 Å². The van der Waals surface area contributed by atoms with Crippen molar-refractivity contribution < 1.29 is 18.7 Å². The number of halogens is 3. The number of aryl methyl sites for hydroxylation is 1. The molecule has 0 fully saturated rings. The van der Waals surface area contributed by atoms with Crippen LogP contribution in [0.5, 0.6) is 0 Å². The number of aromatic nitrogens is 1. The Bertz CT molecular complexity index is 974. The van der Waals surface area contributed by atoms with Crippen LogP contribution >= 0.6 is 22.9 Å². The minimum absolute atomic E-state index is 0.0677. The second-order valence-electron chi connectivity index (χ2n) is 5.86. The van der Waals surface area contributed by atoms with E-state index in [1.165, 1.54) is 17.4 Å². The van der Waals surface area contributed by atoms with Gasteiger partial charge in [-0.25, -0.2) is 13.8 Å². The molecule has 3 rings (SSSR count). The van der Waals surface area contributed by atoms with E-state index in [0.29, 0.717) is 21.2 Å². The molecule has 0 radical (unpaired) electrons. The van der Waals surface area contributed by atoms with Gasteiger partial charge in [0.1, 0.15) is 16.6 Å². The zero-order chi connectivity index (χ0) is 18.8. The van der Waals surface area contributed by atoms with E-state index in [1.54, 1.807) is 18.3 Å². The Morgan fingerprint density at radius 3 is 2.69 bits per heavy atom. The summed E-state index contributed by atoms with van der Waals surface area (Å²) in [7, 11) is 0. The highest BCUT2D eigenvalue weighted by atomic mass is 35.5. The van der Waals surface area contributed by atoms with E-state index in [9.17, 15) is 18.7 Å². The van der Waals surface area contributed by atoms with E-state index in [0.717, 1.165) is 23.1 Å². The third-order valence-corrected chi connectivity index (χ3v) is 5.12. The van der Waals surface area contributed by atoms with Crippen molar-refractivity contribution in [1.29, 1.82) is 0 Å². The van der Waals surface area contributed by atoms with Crippen molar-refractivity contribution in [3.8, 4) is 11.1 Å². The number of hydrogen-bond acceptors (Lipinski definition) is 3. The molecule has 1 heterocycles. The number of nitrogens with zero attached hydrogens (tertiary/aromatic N) is 1. The molecule has 26 heavy (non-hydrogen) atoms. The smallest absolute Gasteiger partial charge is 0.304 e. The minimum Gasteiger partial charge on any atom is -0.481 e. The van der Waals surface area contributed by atoms with Gasteiger partial charge in [-0.05, 0) is 48.4 Å². The van der Waals surface area contributed by atoms with Gasteiger partial charge in [-0.2, -0.15) is 0 Å². The first-order chi connectivity index (χ1) is 12.3. The largest absolute Gasteiger partial charge is 0.481 e. The number of benzene rings is 2. The maximum absolute atomic E-state index is 14.1. The number of carbonyl (C=O) groups is 1. The molecule has 2 aromatic carbocycles. The molecule has 7 heteroatoms. The van der Waals surface area contributed by atoms with E-state index in [-0.39, 0.29) is 12.0 Å². The van der Waals surface area contributed by atoms with Gasteiger partial charge in [0.05, 0.1) is 6.42 Å². The predicted octanol–water partition coefficient (Wildman–Crippen LogP) is 5.66. The third kappa shape index (κ3) is 4.08. The molecule has 1 N–H and O–H groups in total. The molecule has 3 aromatic rings. The van der Waals surface area contributed by atoms with Crippen LogP contribution in [0.4, 0.5) is 8.78 Å². The molecule has 0 aliphatic rings. The number of thiazole rings is 1. The average molecular weight is 394 g/mol. The SMILES string of the molecule is Cc1cnc(C(CC(=O)O)c2cc(Cl)cc(-c3cc(F)ccc3F)c2)s1. The zero-order valence-corrected chi connectivity index (χ0v) is 15.2. The Morgan fingerprint density at radius 1 is 1.27 bits per heavy atom. The van der Waals surface area contributed by atoms with Gasteiger partial charge in [-0.3, -0.25) is 4.79 Å². The highest BCUT2D eigenvalue weighted by Crippen LogP contribution is 2.36. The fourth-order valence-electron chi connectivity index (χ4n) is 2.74. The van der Waals surface area contributed by atoms with Crippen molar-refractivity contribution >= 4 is 28.9 Å². The molecule has 0 aliphatic heterocycles. The Kier molecular flexibility index (Phi) is 5.34. The molecular weight excluding hydrogens is 380 g/mol. The molecule has 0 aliphatic carbocycles. The first kappa shape index (κ1) is 18.5. The predicted molar refractivity (Wildman–Crippen MR) is 97.8 cm³/mol. The van der Waals surface area contributed by atoms with Crippen LogP contribution in [0.3, 0.4) is 0 Å². The standard InChI is InChI=1S/C19H14ClF2NO2S/c1-10-9-23-19(26-10)16(8-18(24)25)12-4-11(5-13(20)6-12)15-7-14(21)2-3-17(15)22/h2-7,9,16H,8H2,1H3,(H,24,25). The van der Waals surface area contributed by atoms with Crippen LogP contribution in [0.15, 0.2) is 42.6 Å². The summed E-state index contributed by atoms with van der Waals surface area (Å²) in [5, 5.41) is 10.2. The van der Waals surface area contributed by atoms with Crippen molar-refractivity contribution in [2.45, 2.75) is 19.3 Å². The van der Waals surface area contributed by atoms with E-state index in [1.807, 2.05) is 6.92 Å². The summed E-state index contributed by atoms with van der Waals surface area (Å²) in [6, 6.07) is 7.96. The second-order valence-corrected chi connectivity index (χ2v) is 7.56. The number of carboxylic acid groups (broad SMARTS) is 1. The summed E-state index contributed by atoms with van der Waals surface area (Å²) in [5.41, 5.74) is 1.04. The Balaban J connectivity index is 2.12. The Hall–Kier alpha value is -2.31. The average Bonchev–Trinajstić information content (AvgIpc) is 3.00. The summed E-state index contributed by atoms with van der Waals surface area (Å²) in [6.07, 6.45) is 1.49. The highest BCUT2D eigenvalue weighted by Gasteiger charge is 2.22. The third-order valence-electron chi connectivity index (χ3n) is 3.88. The van der Waals surface area contributed by atoms with Crippen LogP contribution in [0.1, 0.15) is 27.8 Å². The number of hydrogen-bond donors (Lipinski definition) is 1. The molecule has 0 spiro atoms. The lowest BCUT2D eigenvalue weighted by Crippen LogP contribution is -2.08. The fraction of sp³-hybridized carbons (Fsp3) is 0.158. The molecule has 0 bridgehead atoms. The van der Waals surface area contributed by atoms with Crippen molar-refractivity contribution in [2.75, 3.05) is 0 Å². The molecule has 0 amide bonds. The minimum atomic E-state index is -0.985. The van der Waals surface area contributed by atoms with Crippen molar-refractivity contribution in [3.63, 3.8) is 0 Å². The van der Waals surface area contributed by atoms with Gasteiger partial charge in [0, 0.05) is 27.6 Å². The van der Waals surface area contributed by atoms with Crippen molar-refractivity contribution in [3.05, 3.63) is 74.7 Å². The molecule has 0 saturated carbocycles. The van der Waals surface area contributed by atoms with E-state index >= 15 is 0 Å². The van der Waals surface area contributed by atoms with Crippen LogP contribution in [0.25, 0.3) is 11.1 Å². The van der Waals surface area contributed by atoms with Crippen LogP contribution in [0, 0.1) is 18.6 Å². The van der Waals surface area contributed by atoms with Crippen LogP contribution in [-0.2, 0) is 4.79 Å². The van der Waals surface area contributed by atoms with Crippen molar-refractivity contribution in [2.24, 2.45) is 0 Å². The van der Waals surface area contributed by atoms with Gasteiger partial charge in [-0.15, -0.1) is 11.3 Å². The first-order valence-corrected chi connectivity index (χ1v) is 8.93. The summed E-state index contributed by atoms with van der Waals surface area (Å²) < 4.78 is 27.7. The Labute approximate surface area is 157 Å². The first-order valence-electron chi connectivity index (χ1n) is 7.73. The lowest BCUT2D eigenvalue weighted by atomic mass is 9.93. The quantitative estimate of drug-likeness (QED) is 0.608. The van der Waals surface area contributed by atoms with Gasteiger partial charge in [0.2, 0.25) is 0 Å². The zero-order valence-electron chi connectivity index (χ0n) is 13.7. The summed E-state index contributed by atoms with van der Waals surface area (Å²) in [6.45, 7) is 1.88. The number of rotatable bonds is 5. The second kappa shape index (κ2) is 7.51. The molecule has 1 unspecified atom stereocenters. The van der Waals surface area contributed by atoms with Crippen LogP contribution in [0.2, 0.25) is 5.02 Å².